The SMILES string of the molecule is Nc1ccn([C@@H]2O[C@@]3(CO)CO[C@@H]2[C@@H]3OCc2ccccc2)c(=O)n1. The van der Waals surface area contributed by atoms with E-state index in [0.717, 1.165) is 5.56 Å². The molecule has 0 spiro atoms. The van der Waals surface area contributed by atoms with Crippen molar-refractivity contribution >= 4 is 5.82 Å². The standard InChI is InChI=1S/C17H19N3O5/c18-12-6-7-20(16(22)19-12)15-13-14(17(9-21,25-15)10-24-13)23-8-11-4-2-1-3-5-11/h1-7,13-15,21H,8-10H2,(H2,18,19,22)/t13-,14+,15-,17+/m1/s1. The summed E-state index contributed by atoms with van der Waals surface area (Å²) < 4.78 is 19.1. The molecule has 4 atom stereocenters. The molecule has 2 fully saturated rings. The maximum Gasteiger partial charge on any atom is 0.351 e. The van der Waals surface area contributed by atoms with Crippen LogP contribution >= 0.6 is 0 Å². The number of nitrogen functional groups attached to an aromatic ring is 1. The van der Waals surface area contributed by atoms with Crippen LogP contribution in [0.2, 0.25) is 0 Å². The van der Waals surface area contributed by atoms with Gasteiger partial charge in [-0.25, -0.2) is 4.79 Å². The van der Waals surface area contributed by atoms with Crippen molar-refractivity contribution in [3.05, 3.63) is 58.6 Å². The fourth-order valence-electron chi connectivity index (χ4n) is 3.36. The van der Waals surface area contributed by atoms with E-state index in [-0.39, 0.29) is 19.0 Å². The van der Waals surface area contributed by atoms with Crippen molar-refractivity contribution in [2.75, 3.05) is 18.9 Å². The predicted molar refractivity (Wildman–Crippen MR) is 87.6 cm³/mol. The van der Waals surface area contributed by atoms with Crippen LogP contribution in [0.5, 0.6) is 0 Å². The fraction of sp³-hybridized carbons (Fsp3) is 0.412. The van der Waals surface area contributed by atoms with Crippen molar-refractivity contribution in [3.8, 4) is 0 Å². The number of benzene rings is 1. The van der Waals surface area contributed by atoms with Crippen LogP contribution in [0.4, 0.5) is 5.82 Å². The fourth-order valence-corrected chi connectivity index (χ4v) is 3.36. The van der Waals surface area contributed by atoms with Crippen LogP contribution in [0.3, 0.4) is 0 Å². The Hall–Kier alpha value is -2.26. The summed E-state index contributed by atoms with van der Waals surface area (Å²) in [5.74, 6) is 0.138. The number of rotatable bonds is 5. The van der Waals surface area contributed by atoms with Gasteiger partial charge >= 0.3 is 5.69 Å². The van der Waals surface area contributed by atoms with E-state index >= 15 is 0 Å². The van der Waals surface area contributed by atoms with Gasteiger partial charge in [0.1, 0.15) is 23.6 Å². The highest BCUT2D eigenvalue weighted by Crippen LogP contribution is 2.46. The second kappa shape index (κ2) is 6.23. The second-order valence-corrected chi connectivity index (χ2v) is 6.27. The van der Waals surface area contributed by atoms with E-state index in [4.69, 9.17) is 19.9 Å². The molecule has 132 valence electrons. The zero-order valence-corrected chi connectivity index (χ0v) is 13.4. The average Bonchev–Trinajstić information content (AvgIpc) is 3.13. The zero-order valence-electron chi connectivity index (χ0n) is 13.4. The highest BCUT2D eigenvalue weighted by molar-refractivity contribution is 5.24. The molecule has 0 aliphatic carbocycles. The minimum atomic E-state index is -0.995. The molecule has 1 aromatic heterocycles. The van der Waals surface area contributed by atoms with Gasteiger partial charge in [-0.15, -0.1) is 0 Å². The largest absolute Gasteiger partial charge is 0.393 e. The van der Waals surface area contributed by atoms with Crippen LogP contribution in [0.1, 0.15) is 11.8 Å². The quantitative estimate of drug-likeness (QED) is 0.789. The summed E-state index contributed by atoms with van der Waals surface area (Å²) in [5.41, 5.74) is 5.01. The Balaban J connectivity index is 1.58. The van der Waals surface area contributed by atoms with E-state index in [1.165, 1.54) is 16.8 Å². The Kier molecular flexibility index (Phi) is 4.04. The number of hydrogen-bond acceptors (Lipinski definition) is 7. The third kappa shape index (κ3) is 2.73. The molecular formula is C17H19N3O5. The molecule has 8 nitrogen and oxygen atoms in total. The molecule has 2 aliphatic rings. The predicted octanol–water partition coefficient (Wildman–Crippen LogP) is 0.0696. The molecule has 0 radical (unpaired) electrons. The highest BCUT2D eigenvalue weighted by atomic mass is 16.7. The van der Waals surface area contributed by atoms with Gasteiger partial charge in [-0.3, -0.25) is 4.57 Å². The summed E-state index contributed by atoms with van der Waals surface area (Å²) in [7, 11) is 0. The molecule has 2 bridgehead atoms. The molecule has 2 aliphatic heterocycles. The smallest absolute Gasteiger partial charge is 0.351 e. The van der Waals surface area contributed by atoms with E-state index in [2.05, 4.69) is 4.98 Å². The number of nitrogens with zero attached hydrogens (tertiary/aromatic N) is 2. The van der Waals surface area contributed by atoms with Gasteiger partial charge in [-0.05, 0) is 11.6 Å². The molecule has 2 aromatic rings. The second-order valence-electron chi connectivity index (χ2n) is 6.27. The van der Waals surface area contributed by atoms with Crippen molar-refractivity contribution < 1.29 is 19.3 Å². The number of nitrogens with two attached hydrogens (primary N) is 1. The summed E-state index contributed by atoms with van der Waals surface area (Å²) in [6, 6.07) is 11.2. The lowest BCUT2D eigenvalue weighted by atomic mass is 10.00. The number of aromatic nitrogens is 2. The van der Waals surface area contributed by atoms with Crippen molar-refractivity contribution in [2.24, 2.45) is 0 Å². The monoisotopic (exact) mass is 345 g/mol. The van der Waals surface area contributed by atoms with Gasteiger partial charge in [0.2, 0.25) is 0 Å². The Morgan fingerprint density at radius 3 is 2.88 bits per heavy atom. The first-order valence-corrected chi connectivity index (χ1v) is 8.03. The van der Waals surface area contributed by atoms with Gasteiger partial charge in [-0.1, -0.05) is 30.3 Å². The molecule has 0 unspecified atom stereocenters. The lowest BCUT2D eigenvalue weighted by Crippen LogP contribution is -2.45. The van der Waals surface area contributed by atoms with Crippen LogP contribution in [0.15, 0.2) is 47.4 Å². The average molecular weight is 345 g/mol. The van der Waals surface area contributed by atoms with E-state index < -0.39 is 29.7 Å². The first-order chi connectivity index (χ1) is 12.1. The van der Waals surface area contributed by atoms with E-state index in [1.54, 1.807) is 0 Å². The first kappa shape index (κ1) is 16.2. The Labute approximate surface area is 143 Å². The van der Waals surface area contributed by atoms with E-state index in [9.17, 15) is 9.90 Å². The summed E-state index contributed by atoms with van der Waals surface area (Å²) in [6.07, 6.45) is -0.216. The third-order valence-electron chi connectivity index (χ3n) is 4.64. The number of ether oxygens (including phenoxy) is 3. The van der Waals surface area contributed by atoms with Crippen LogP contribution in [-0.4, -0.2) is 45.7 Å². The molecule has 3 heterocycles. The molecule has 0 amide bonds. The minimum Gasteiger partial charge on any atom is -0.393 e. The number of hydrogen-bond donors (Lipinski definition) is 2. The van der Waals surface area contributed by atoms with Crippen LogP contribution in [0, 0.1) is 0 Å². The van der Waals surface area contributed by atoms with Crippen LogP contribution in [0.25, 0.3) is 0 Å². The van der Waals surface area contributed by atoms with Crippen molar-refractivity contribution in [2.45, 2.75) is 30.6 Å². The van der Waals surface area contributed by atoms with Crippen LogP contribution in [-0.2, 0) is 20.8 Å². The van der Waals surface area contributed by atoms with Gasteiger partial charge in [0.05, 0.1) is 19.8 Å². The molecule has 0 saturated carbocycles. The van der Waals surface area contributed by atoms with Crippen molar-refractivity contribution in [1.82, 2.24) is 9.55 Å². The van der Waals surface area contributed by atoms with Crippen LogP contribution < -0.4 is 11.4 Å². The van der Waals surface area contributed by atoms with Gasteiger partial charge in [0.25, 0.3) is 0 Å². The lowest BCUT2D eigenvalue weighted by Gasteiger charge is -2.29. The van der Waals surface area contributed by atoms with Gasteiger partial charge in [0, 0.05) is 6.20 Å². The zero-order chi connectivity index (χ0) is 17.4. The van der Waals surface area contributed by atoms with E-state index in [0.29, 0.717) is 6.61 Å². The number of aliphatic hydroxyl groups excluding tert-OH is 1. The summed E-state index contributed by atoms with van der Waals surface area (Å²) in [6.45, 7) is 0.302. The summed E-state index contributed by atoms with van der Waals surface area (Å²) >= 11 is 0. The third-order valence-corrected chi connectivity index (χ3v) is 4.64. The summed E-state index contributed by atoms with van der Waals surface area (Å²) in [5, 5.41) is 9.88. The van der Waals surface area contributed by atoms with Crippen molar-refractivity contribution in [3.63, 3.8) is 0 Å². The Morgan fingerprint density at radius 1 is 1.36 bits per heavy atom. The molecule has 3 N–H and O–H groups in total. The molecule has 2 saturated heterocycles. The number of fused-ring (bicyclic) bond motifs is 2. The first-order valence-electron chi connectivity index (χ1n) is 8.03. The molecule has 25 heavy (non-hydrogen) atoms. The highest BCUT2D eigenvalue weighted by Gasteiger charge is 2.63. The normalized spacial score (nSPS) is 30.7. The maximum atomic E-state index is 12.1. The van der Waals surface area contributed by atoms with Gasteiger partial charge in [-0.2, -0.15) is 4.98 Å². The molecular weight excluding hydrogens is 326 g/mol. The van der Waals surface area contributed by atoms with E-state index in [1.807, 2.05) is 30.3 Å². The molecule has 1 aromatic carbocycles. The minimum absolute atomic E-state index is 0.138. The van der Waals surface area contributed by atoms with Gasteiger partial charge in [0.15, 0.2) is 6.23 Å². The molecule has 4 rings (SSSR count). The topological polar surface area (TPSA) is 109 Å². The Morgan fingerprint density at radius 2 is 2.16 bits per heavy atom. The molecule has 8 heteroatoms. The maximum absolute atomic E-state index is 12.1. The van der Waals surface area contributed by atoms with Gasteiger partial charge < -0.3 is 25.1 Å². The lowest BCUT2D eigenvalue weighted by molar-refractivity contribution is -0.189. The van der Waals surface area contributed by atoms with Crippen molar-refractivity contribution in [1.29, 1.82) is 0 Å². The number of anilines is 1. The number of aliphatic hydroxyl groups is 1. The summed E-state index contributed by atoms with van der Waals surface area (Å²) in [4.78, 5) is 15.8. The Bertz CT molecular complexity index is 811.